The molecule has 0 radical (unpaired) electrons. The molecule has 3 nitrogen and oxygen atoms in total. The lowest BCUT2D eigenvalue weighted by Crippen LogP contribution is -2.44. The lowest BCUT2D eigenvalue weighted by molar-refractivity contribution is 0.0668. The third-order valence-electron chi connectivity index (χ3n) is 3.86. The molecule has 0 aromatic carbocycles. The van der Waals surface area contributed by atoms with Gasteiger partial charge in [0.1, 0.15) is 0 Å². The summed E-state index contributed by atoms with van der Waals surface area (Å²) in [5.74, 6) is 0.216. The Morgan fingerprint density at radius 1 is 1.33 bits per heavy atom. The number of thiophene rings is 1. The van der Waals surface area contributed by atoms with Crippen LogP contribution < -0.4 is 0 Å². The van der Waals surface area contributed by atoms with Gasteiger partial charge in [-0.2, -0.15) is 0 Å². The van der Waals surface area contributed by atoms with E-state index < -0.39 is 0 Å². The van der Waals surface area contributed by atoms with Crippen LogP contribution in [-0.4, -0.2) is 48.9 Å². The molecule has 1 aliphatic rings. The Morgan fingerprint density at radius 3 is 2.39 bits per heavy atom. The summed E-state index contributed by atoms with van der Waals surface area (Å²) in [5, 5.41) is 0. The molecule has 0 saturated carbocycles. The number of aryl methyl sites for hydroxylation is 2. The smallest absolute Gasteiger partial charge is 0.263 e. The average Bonchev–Trinajstić information content (AvgIpc) is 2.69. The molecule has 0 bridgehead atoms. The van der Waals surface area contributed by atoms with E-state index in [1.165, 1.54) is 10.4 Å². The molecule has 2 rings (SSSR count). The minimum atomic E-state index is 0.216. The minimum absolute atomic E-state index is 0.216. The highest BCUT2D eigenvalue weighted by Gasteiger charge is 2.25. The second kappa shape index (κ2) is 5.41. The van der Waals surface area contributed by atoms with Crippen molar-refractivity contribution >= 4 is 17.2 Å². The second-order valence-electron chi connectivity index (χ2n) is 5.34. The first-order valence-electron chi connectivity index (χ1n) is 6.51. The van der Waals surface area contributed by atoms with Crippen molar-refractivity contribution in [2.45, 2.75) is 32.7 Å². The molecule has 0 unspecified atom stereocenters. The molecule has 100 valence electrons. The molecule has 1 aliphatic heterocycles. The van der Waals surface area contributed by atoms with Gasteiger partial charge in [0, 0.05) is 24.0 Å². The maximum absolute atomic E-state index is 12.4. The molecule has 2 heterocycles. The first-order valence-corrected chi connectivity index (χ1v) is 7.33. The number of carbonyl (C=O) groups is 1. The minimum Gasteiger partial charge on any atom is -0.338 e. The summed E-state index contributed by atoms with van der Waals surface area (Å²) in [4.78, 5) is 18.8. The molecule has 1 aromatic heterocycles. The van der Waals surface area contributed by atoms with Gasteiger partial charge in [0.15, 0.2) is 0 Å². The van der Waals surface area contributed by atoms with Crippen LogP contribution in [0.3, 0.4) is 0 Å². The van der Waals surface area contributed by atoms with Crippen molar-refractivity contribution in [2.24, 2.45) is 0 Å². The molecule has 0 atom stereocenters. The summed E-state index contributed by atoms with van der Waals surface area (Å²) in [5.41, 5.74) is 1.23. The number of carbonyl (C=O) groups excluding carboxylic acids is 1. The van der Waals surface area contributed by atoms with E-state index in [-0.39, 0.29) is 5.91 Å². The van der Waals surface area contributed by atoms with Gasteiger partial charge in [-0.05, 0) is 52.4 Å². The number of nitrogens with zero attached hydrogens (tertiary/aromatic N) is 2. The summed E-state index contributed by atoms with van der Waals surface area (Å²) in [6, 6.07) is 2.65. The summed E-state index contributed by atoms with van der Waals surface area (Å²) in [6.45, 7) is 5.92. The van der Waals surface area contributed by atoms with Gasteiger partial charge < -0.3 is 9.80 Å². The zero-order valence-electron chi connectivity index (χ0n) is 11.7. The van der Waals surface area contributed by atoms with E-state index in [0.717, 1.165) is 30.8 Å². The van der Waals surface area contributed by atoms with Crippen LogP contribution in [0.4, 0.5) is 0 Å². The summed E-state index contributed by atoms with van der Waals surface area (Å²) >= 11 is 1.62. The Labute approximate surface area is 113 Å². The molecule has 1 aromatic rings. The molecule has 1 amide bonds. The van der Waals surface area contributed by atoms with E-state index in [9.17, 15) is 4.79 Å². The monoisotopic (exact) mass is 266 g/mol. The van der Waals surface area contributed by atoms with Gasteiger partial charge in [-0.1, -0.05) is 0 Å². The molecule has 0 spiro atoms. The van der Waals surface area contributed by atoms with E-state index in [0.29, 0.717) is 6.04 Å². The highest BCUT2D eigenvalue weighted by Crippen LogP contribution is 2.24. The van der Waals surface area contributed by atoms with Crippen molar-refractivity contribution in [2.75, 3.05) is 27.2 Å². The molecule has 18 heavy (non-hydrogen) atoms. The molecule has 0 N–H and O–H groups in total. The predicted octanol–water partition coefficient (Wildman–Crippen LogP) is 2.53. The van der Waals surface area contributed by atoms with E-state index in [1.54, 1.807) is 11.3 Å². The van der Waals surface area contributed by atoms with Crippen LogP contribution in [-0.2, 0) is 0 Å². The number of hydrogen-bond donors (Lipinski definition) is 0. The van der Waals surface area contributed by atoms with Crippen LogP contribution in [0.15, 0.2) is 6.07 Å². The van der Waals surface area contributed by atoms with Gasteiger partial charge in [-0.3, -0.25) is 4.79 Å². The van der Waals surface area contributed by atoms with Crippen molar-refractivity contribution in [1.82, 2.24) is 9.80 Å². The Balaban J connectivity index is 1.99. The van der Waals surface area contributed by atoms with Crippen LogP contribution >= 0.6 is 11.3 Å². The lowest BCUT2D eigenvalue weighted by Gasteiger charge is -2.35. The van der Waals surface area contributed by atoms with Crippen molar-refractivity contribution < 1.29 is 4.79 Å². The number of likely N-dealkylation sites (tertiary alicyclic amines) is 1. The Bertz CT molecular complexity index is 412. The molecule has 1 saturated heterocycles. The largest absolute Gasteiger partial charge is 0.338 e. The van der Waals surface area contributed by atoms with E-state index in [4.69, 9.17) is 0 Å². The average molecular weight is 266 g/mol. The van der Waals surface area contributed by atoms with Crippen LogP contribution in [0, 0.1) is 13.8 Å². The van der Waals surface area contributed by atoms with E-state index in [2.05, 4.69) is 32.8 Å². The van der Waals surface area contributed by atoms with Crippen LogP contribution in [0.1, 0.15) is 33.0 Å². The Morgan fingerprint density at radius 2 is 1.94 bits per heavy atom. The first-order chi connectivity index (χ1) is 8.49. The van der Waals surface area contributed by atoms with Crippen molar-refractivity contribution in [3.63, 3.8) is 0 Å². The van der Waals surface area contributed by atoms with Crippen molar-refractivity contribution in [3.05, 3.63) is 21.4 Å². The third-order valence-corrected chi connectivity index (χ3v) is 5.00. The molecule has 0 aliphatic carbocycles. The summed E-state index contributed by atoms with van der Waals surface area (Å²) in [7, 11) is 4.24. The SMILES string of the molecule is Cc1cc(C(=O)N2CCC(N(C)C)CC2)sc1C. The highest BCUT2D eigenvalue weighted by atomic mass is 32.1. The van der Waals surface area contributed by atoms with Gasteiger partial charge in [-0.15, -0.1) is 11.3 Å². The van der Waals surface area contributed by atoms with Crippen molar-refractivity contribution in [1.29, 1.82) is 0 Å². The fourth-order valence-corrected chi connectivity index (χ4v) is 3.42. The maximum atomic E-state index is 12.4. The first kappa shape index (κ1) is 13.6. The summed E-state index contributed by atoms with van der Waals surface area (Å²) in [6.07, 6.45) is 2.17. The number of piperidine rings is 1. The molecular formula is C14H22N2OS. The zero-order valence-corrected chi connectivity index (χ0v) is 12.5. The fraction of sp³-hybridized carbons (Fsp3) is 0.643. The molecular weight excluding hydrogens is 244 g/mol. The fourth-order valence-electron chi connectivity index (χ4n) is 2.42. The maximum Gasteiger partial charge on any atom is 0.263 e. The van der Waals surface area contributed by atoms with Gasteiger partial charge in [0.2, 0.25) is 0 Å². The normalized spacial score (nSPS) is 17.5. The third kappa shape index (κ3) is 2.75. The van der Waals surface area contributed by atoms with Gasteiger partial charge in [-0.25, -0.2) is 0 Å². The van der Waals surface area contributed by atoms with Crippen LogP contribution in [0.25, 0.3) is 0 Å². The molecule has 4 heteroatoms. The van der Waals surface area contributed by atoms with E-state index >= 15 is 0 Å². The molecule has 1 fully saturated rings. The highest BCUT2D eigenvalue weighted by molar-refractivity contribution is 7.14. The van der Waals surface area contributed by atoms with Gasteiger partial charge in [0.25, 0.3) is 5.91 Å². The quantitative estimate of drug-likeness (QED) is 0.821. The second-order valence-corrected chi connectivity index (χ2v) is 6.59. The predicted molar refractivity (Wildman–Crippen MR) is 76.4 cm³/mol. The zero-order chi connectivity index (χ0) is 13.3. The lowest BCUT2D eigenvalue weighted by atomic mass is 10.0. The number of rotatable bonds is 2. The van der Waals surface area contributed by atoms with Crippen LogP contribution in [0.2, 0.25) is 0 Å². The van der Waals surface area contributed by atoms with E-state index in [1.807, 2.05) is 11.0 Å². The van der Waals surface area contributed by atoms with Gasteiger partial charge >= 0.3 is 0 Å². The number of amides is 1. The Hall–Kier alpha value is -0.870. The summed E-state index contributed by atoms with van der Waals surface area (Å²) < 4.78 is 0. The van der Waals surface area contributed by atoms with Crippen molar-refractivity contribution in [3.8, 4) is 0 Å². The van der Waals surface area contributed by atoms with Crippen LogP contribution in [0.5, 0.6) is 0 Å². The Kier molecular flexibility index (Phi) is 4.07. The topological polar surface area (TPSA) is 23.6 Å². The van der Waals surface area contributed by atoms with Gasteiger partial charge in [0.05, 0.1) is 4.88 Å². The number of hydrogen-bond acceptors (Lipinski definition) is 3. The standard InChI is InChI=1S/C14H22N2OS/c1-10-9-13(18-11(10)2)14(17)16-7-5-12(6-8-16)15(3)4/h9,12H,5-8H2,1-4H3.